The van der Waals surface area contributed by atoms with Crippen molar-refractivity contribution in [2.75, 3.05) is 25.5 Å². The van der Waals surface area contributed by atoms with Crippen LogP contribution in [0.5, 0.6) is 0 Å². The minimum Gasteiger partial charge on any atom is -0.396 e. The van der Waals surface area contributed by atoms with Crippen molar-refractivity contribution in [1.82, 2.24) is 24.5 Å². The van der Waals surface area contributed by atoms with Crippen LogP contribution in [0.3, 0.4) is 0 Å². The van der Waals surface area contributed by atoms with E-state index in [4.69, 9.17) is 5.11 Å². The molecule has 8 nitrogen and oxygen atoms in total. The molecule has 26 heavy (non-hydrogen) atoms. The quantitative estimate of drug-likeness (QED) is 0.724. The predicted molar refractivity (Wildman–Crippen MR) is 96.0 cm³/mol. The first-order valence-electron chi connectivity index (χ1n) is 8.56. The van der Waals surface area contributed by atoms with Gasteiger partial charge in [-0.25, -0.2) is 9.50 Å². The lowest BCUT2D eigenvalue weighted by atomic mass is 9.99. The van der Waals surface area contributed by atoms with Gasteiger partial charge in [0.1, 0.15) is 0 Å². The molecule has 1 aliphatic rings. The zero-order chi connectivity index (χ0) is 18.1. The van der Waals surface area contributed by atoms with E-state index in [0.29, 0.717) is 12.2 Å². The Morgan fingerprint density at radius 1 is 1.35 bits per heavy atom. The van der Waals surface area contributed by atoms with Crippen LogP contribution in [0.15, 0.2) is 30.6 Å². The summed E-state index contributed by atoms with van der Waals surface area (Å²) >= 11 is 0. The molecule has 2 aromatic heterocycles. The average molecular weight is 352 g/mol. The number of likely N-dealkylation sites (N-methyl/N-ethyl adjacent to an activating group) is 1. The molecule has 0 fully saturated rings. The van der Waals surface area contributed by atoms with Crippen LogP contribution in [-0.4, -0.2) is 55.7 Å². The summed E-state index contributed by atoms with van der Waals surface area (Å²) < 4.78 is 1.46. The fourth-order valence-corrected chi connectivity index (χ4v) is 3.14. The van der Waals surface area contributed by atoms with E-state index in [-0.39, 0.29) is 18.3 Å². The molecule has 3 heterocycles. The zero-order valence-corrected chi connectivity index (χ0v) is 14.5. The lowest BCUT2D eigenvalue weighted by molar-refractivity contribution is 0.101. The molecule has 3 aromatic rings. The van der Waals surface area contributed by atoms with E-state index in [1.165, 1.54) is 15.6 Å². The van der Waals surface area contributed by atoms with E-state index < -0.39 is 0 Å². The molecule has 0 unspecified atom stereocenters. The van der Waals surface area contributed by atoms with Gasteiger partial charge in [0.2, 0.25) is 5.82 Å². The predicted octanol–water partition coefficient (Wildman–Crippen LogP) is 0.899. The minimum absolute atomic E-state index is 0.0305. The lowest BCUT2D eigenvalue weighted by Crippen LogP contribution is -2.26. The maximum atomic E-state index is 12.5. The summed E-state index contributed by atoms with van der Waals surface area (Å²) in [5.41, 5.74) is 4.12. The molecular formula is C18H20N6O2. The Morgan fingerprint density at radius 3 is 3.08 bits per heavy atom. The van der Waals surface area contributed by atoms with E-state index in [1.807, 2.05) is 12.1 Å². The number of amides is 1. The highest BCUT2D eigenvalue weighted by atomic mass is 16.3. The van der Waals surface area contributed by atoms with E-state index in [1.54, 1.807) is 12.4 Å². The van der Waals surface area contributed by atoms with E-state index in [2.05, 4.69) is 38.4 Å². The molecular weight excluding hydrogens is 332 g/mol. The van der Waals surface area contributed by atoms with Gasteiger partial charge in [-0.2, -0.15) is 4.98 Å². The number of aliphatic hydroxyl groups is 1. The molecule has 0 bridgehead atoms. The van der Waals surface area contributed by atoms with Crippen molar-refractivity contribution in [2.24, 2.45) is 0 Å². The van der Waals surface area contributed by atoms with Crippen molar-refractivity contribution >= 4 is 17.4 Å². The number of carbonyl (C=O) groups is 1. The van der Waals surface area contributed by atoms with Crippen LogP contribution >= 0.6 is 0 Å². The van der Waals surface area contributed by atoms with Gasteiger partial charge in [-0.3, -0.25) is 4.79 Å². The summed E-state index contributed by atoms with van der Waals surface area (Å²) in [6, 6.07) is 5.99. The van der Waals surface area contributed by atoms with Crippen LogP contribution in [0, 0.1) is 0 Å². The van der Waals surface area contributed by atoms with Crippen molar-refractivity contribution < 1.29 is 9.90 Å². The van der Waals surface area contributed by atoms with Crippen molar-refractivity contribution in [3.05, 3.63) is 53.1 Å². The van der Waals surface area contributed by atoms with Gasteiger partial charge in [0.25, 0.3) is 11.7 Å². The second-order valence-corrected chi connectivity index (χ2v) is 6.54. The fraction of sp³-hybridized carbons (Fsp3) is 0.333. The van der Waals surface area contributed by atoms with Gasteiger partial charge in [0.15, 0.2) is 0 Å². The molecule has 1 aromatic carbocycles. The van der Waals surface area contributed by atoms with Crippen molar-refractivity contribution in [3.63, 3.8) is 0 Å². The lowest BCUT2D eigenvalue weighted by Gasteiger charge is -2.25. The Bertz CT molecular complexity index is 967. The number of hydrogen-bond acceptors (Lipinski definition) is 6. The van der Waals surface area contributed by atoms with Gasteiger partial charge in [-0.1, -0.05) is 6.07 Å². The first-order chi connectivity index (χ1) is 12.6. The summed E-state index contributed by atoms with van der Waals surface area (Å²) in [4.78, 5) is 23.1. The number of nitrogens with one attached hydrogen (secondary N) is 1. The standard InChI is InChI=1S/C18H20N6O2/c1-23-6-4-13-2-3-15(8-14(13)11-23)20-17(26)16-21-18-19-9-12(5-7-25)10-24(18)22-16/h2-3,8-10,25H,4-7,11H2,1H3,(H,20,26). The summed E-state index contributed by atoms with van der Waals surface area (Å²) in [6.45, 7) is 1.96. The Kier molecular flexibility index (Phi) is 4.36. The number of benzene rings is 1. The monoisotopic (exact) mass is 352 g/mol. The van der Waals surface area contributed by atoms with Gasteiger partial charge in [-0.15, -0.1) is 5.10 Å². The SMILES string of the molecule is CN1CCc2ccc(NC(=O)c3nc4ncc(CCO)cn4n3)cc2C1. The summed E-state index contributed by atoms with van der Waals surface area (Å²) in [6.07, 6.45) is 4.85. The number of carbonyl (C=O) groups excluding carboxylic acids is 1. The summed E-state index contributed by atoms with van der Waals surface area (Å²) in [5, 5.41) is 16.1. The molecule has 8 heteroatoms. The van der Waals surface area contributed by atoms with E-state index in [0.717, 1.165) is 30.8 Å². The molecule has 0 aliphatic carbocycles. The van der Waals surface area contributed by atoms with Crippen LogP contribution in [0.2, 0.25) is 0 Å². The summed E-state index contributed by atoms with van der Waals surface area (Å²) in [7, 11) is 2.09. The highest BCUT2D eigenvalue weighted by Gasteiger charge is 2.17. The van der Waals surface area contributed by atoms with Gasteiger partial charge >= 0.3 is 0 Å². The molecule has 1 aliphatic heterocycles. The molecule has 1 amide bonds. The number of aliphatic hydroxyl groups excluding tert-OH is 1. The average Bonchev–Trinajstić information content (AvgIpc) is 3.05. The topological polar surface area (TPSA) is 95.7 Å². The molecule has 4 rings (SSSR count). The van der Waals surface area contributed by atoms with Crippen LogP contribution < -0.4 is 5.32 Å². The van der Waals surface area contributed by atoms with Crippen LogP contribution in [0.25, 0.3) is 5.78 Å². The first kappa shape index (κ1) is 16.6. The number of aromatic nitrogens is 4. The number of rotatable bonds is 4. The Hall–Kier alpha value is -2.84. The smallest absolute Gasteiger partial charge is 0.295 e. The Balaban J connectivity index is 1.54. The third-order valence-electron chi connectivity index (χ3n) is 4.52. The van der Waals surface area contributed by atoms with Crippen molar-refractivity contribution in [3.8, 4) is 0 Å². The third-order valence-corrected chi connectivity index (χ3v) is 4.52. The van der Waals surface area contributed by atoms with Crippen molar-refractivity contribution in [2.45, 2.75) is 19.4 Å². The Labute approximate surface area is 150 Å². The maximum absolute atomic E-state index is 12.5. The highest BCUT2D eigenvalue weighted by Crippen LogP contribution is 2.22. The van der Waals surface area contributed by atoms with E-state index in [9.17, 15) is 4.79 Å². The molecule has 2 N–H and O–H groups in total. The van der Waals surface area contributed by atoms with Crippen LogP contribution in [0.1, 0.15) is 27.3 Å². The first-order valence-corrected chi connectivity index (χ1v) is 8.56. The molecule has 0 atom stereocenters. The molecule has 0 radical (unpaired) electrons. The molecule has 134 valence electrons. The zero-order valence-electron chi connectivity index (χ0n) is 14.5. The minimum atomic E-state index is -0.372. The normalized spacial score (nSPS) is 14.4. The number of fused-ring (bicyclic) bond motifs is 2. The van der Waals surface area contributed by atoms with Gasteiger partial charge in [0.05, 0.1) is 0 Å². The largest absolute Gasteiger partial charge is 0.396 e. The van der Waals surface area contributed by atoms with Gasteiger partial charge in [-0.05, 0) is 48.7 Å². The fourth-order valence-electron chi connectivity index (χ4n) is 3.14. The second kappa shape index (κ2) is 6.81. The Morgan fingerprint density at radius 2 is 2.23 bits per heavy atom. The van der Waals surface area contributed by atoms with Crippen molar-refractivity contribution in [1.29, 1.82) is 0 Å². The van der Waals surface area contributed by atoms with Gasteiger partial charge < -0.3 is 15.3 Å². The highest BCUT2D eigenvalue weighted by molar-refractivity contribution is 6.01. The van der Waals surface area contributed by atoms with Gasteiger partial charge in [0, 0.05) is 37.8 Å². The third kappa shape index (κ3) is 3.29. The summed E-state index contributed by atoms with van der Waals surface area (Å²) in [5.74, 6) is 0.0423. The number of hydrogen-bond donors (Lipinski definition) is 2. The molecule has 0 saturated carbocycles. The molecule has 0 spiro atoms. The van der Waals surface area contributed by atoms with Crippen LogP contribution in [0.4, 0.5) is 5.69 Å². The number of anilines is 1. The second-order valence-electron chi connectivity index (χ2n) is 6.54. The van der Waals surface area contributed by atoms with E-state index >= 15 is 0 Å². The number of nitrogens with zero attached hydrogens (tertiary/aromatic N) is 5. The van der Waals surface area contributed by atoms with Crippen LogP contribution in [-0.2, 0) is 19.4 Å². The maximum Gasteiger partial charge on any atom is 0.295 e. The molecule has 0 saturated heterocycles.